The number of hydrogen-bond donors (Lipinski definition) is 2. The van der Waals surface area contributed by atoms with Crippen LogP contribution in [0.3, 0.4) is 0 Å². The molecule has 0 aromatic carbocycles. The van der Waals surface area contributed by atoms with Gasteiger partial charge in [0.1, 0.15) is 13.2 Å². The van der Waals surface area contributed by atoms with Gasteiger partial charge >= 0.3 is 6.09 Å². The Morgan fingerprint density at radius 2 is 2.18 bits per heavy atom. The fourth-order valence-corrected chi connectivity index (χ4v) is 2.46. The highest BCUT2D eigenvalue weighted by atomic mass is 16.6. The third-order valence-corrected chi connectivity index (χ3v) is 3.54. The van der Waals surface area contributed by atoms with Crippen LogP contribution >= 0.6 is 0 Å². The van der Waals surface area contributed by atoms with Crippen LogP contribution in [0.5, 0.6) is 11.5 Å². The van der Waals surface area contributed by atoms with Crippen molar-refractivity contribution in [2.24, 2.45) is 0 Å². The van der Waals surface area contributed by atoms with Crippen molar-refractivity contribution in [3.8, 4) is 11.5 Å². The molecule has 1 amide bonds. The van der Waals surface area contributed by atoms with Gasteiger partial charge in [-0.2, -0.15) is 0 Å². The van der Waals surface area contributed by atoms with Crippen LogP contribution < -0.4 is 14.8 Å². The second kappa shape index (κ2) is 6.80. The van der Waals surface area contributed by atoms with E-state index in [0.29, 0.717) is 50.1 Å². The first-order valence-corrected chi connectivity index (χ1v) is 7.27. The first-order valence-electron chi connectivity index (χ1n) is 7.27. The molecule has 1 fully saturated rings. The third-order valence-electron chi connectivity index (χ3n) is 3.54. The second-order valence-electron chi connectivity index (χ2n) is 5.18. The Labute approximate surface area is 128 Å². The van der Waals surface area contributed by atoms with Crippen LogP contribution in [-0.2, 0) is 11.3 Å². The maximum Gasteiger partial charge on any atom is 0.407 e. The van der Waals surface area contributed by atoms with Gasteiger partial charge in [0.2, 0.25) is 0 Å². The van der Waals surface area contributed by atoms with Gasteiger partial charge in [-0.3, -0.25) is 9.88 Å². The van der Waals surface area contributed by atoms with E-state index in [9.17, 15) is 9.90 Å². The third kappa shape index (κ3) is 3.58. The number of fused-ring (bicyclic) bond motifs is 1. The molecule has 1 aromatic rings. The van der Waals surface area contributed by atoms with Crippen LogP contribution in [0.25, 0.3) is 0 Å². The quantitative estimate of drug-likeness (QED) is 0.827. The summed E-state index contributed by atoms with van der Waals surface area (Å²) in [4.78, 5) is 17.0. The van der Waals surface area contributed by atoms with Crippen molar-refractivity contribution in [3.05, 3.63) is 18.0 Å². The number of ether oxygens (including phenoxy) is 3. The van der Waals surface area contributed by atoms with Gasteiger partial charge in [0.15, 0.2) is 11.5 Å². The van der Waals surface area contributed by atoms with Crippen LogP contribution in [0, 0.1) is 0 Å². The summed E-state index contributed by atoms with van der Waals surface area (Å²) in [6.45, 7) is 3.53. The van der Waals surface area contributed by atoms with E-state index in [1.165, 1.54) is 4.90 Å². The maximum atomic E-state index is 11.4. The van der Waals surface area contributed by atoms with E-state index >= 15 is 0 Å². The zero-order valence-electron chi connectivity index (χ0n) is 12.2. The van der Waals surface area contributed by atoms with Crippen LogP contribution in [-0.4, -0.2) is 66.6 Å². The molecule has 1 saturated heterocycles. The molecule has 8 heteroatoms. The lowest BCUT2D eigenvalue weighted by atomic mass is 10.2. The molecule has 22 heavy (non-hydrogen) atoms. The Kier molecular flexibility index (Phi) is 4.59. The number of carbonyl (C=O) groups is 1. The van der Waals surface area contributed by atoms with Gasteiger partial charge in [-0.15, -0.1) is 0 Å². The van der Waals surface area contributed by atoms with Gasteiger partial charge in [0.25, 0.3) is 0 Å². The molecule has 0 bridgehead atoms. The first kappa shape index (κ1) is 14.9. The highest BCUT2D eigenvalue weighted by Crippen LogP contribution is 2.29. The van der Waals surface area contributed by atoms with E-state index in [2.05, 4.69) is 10.3 Å². The molecular formula is C14H19N3O5. The van der Waals surface area contributed by atoms with Gasteiger partial charge in [-0.05, 0) is 0 Å². The van der Waals surface area contributed by atoms with Gasteiger partial charge in [0.05, 0.1) is 37.7 Å². The summed E-state index contributed by atoms with van der Waals surface area (Å²) in [5.41, 5.74) is 0.621. The minimum atomic E-state index is -0.995. The SMILES string of the molecule is O=C(O)N(Cc1cc2c(cn1)OCCO2)CC1CNCCO1. The Morgan fingerprint density at radius 3 is 2.91 bits per heavy atom. The fourth-order valence-electron chi connectivity index (χ4n) is 2.46. The molecule has 0 saturated carbocycles. The predicted octanol–water partition coefficient (Wildman–Crippen LogP) is 0.321. The van der Waals surface area contributed by atoms with E-state index in [1.54, 1.807) is 12.3 Å². The lowest BCUT2D eigenvalue weighted by Crippen LogP contribution is -2.46. The normalized spacial score (nSPS) is 20.5. The maximum absolute atomic E-state index is 11.4. The monoisotopic (exact) mass is 309 g/mol. The van der Waals surface area contributed by atoms with Crippen LogP contribution in [0.2, 0.25) is 0 Å². The molecule has 0 spiro atoms. The van der Waals surface area contributed by atoms with Crippen molar-refractivity contribution in [2.75, 3.05) is 39.5 Å². The Bertz CT molecular complexity index is 533. The lowest BCUT2D eigenvalue weighted by Gasteiger charge is -2.28. The molecule has 3 rings (SSSR count). The summed E-state index contributed by atoms with van der Waals surface area (Å²) in [6.07, 6.45) is 0.440. The standard InChI is InChI=1S/C14H19N3O5/c18-14(19)17(9-11-6-15-1-2-20-11)8-10-5-12-13(7-16-10)22-4-3-21-12/h5,7,11,15H,1-4,6,8-9H2,(H,18,19). The summed E-state index contributed by atoms with van der Waals surface area (Å²) in [5, 5.41) is 12.6. The molecule has 1 atom stereocenters. The molecular weight excluding hydrogens is 290 g/mol. The largest absolute Gasteiger partial charge is 0.486 e. The van der Waals surface area contributed by atoms with Crippen molar-refractivity contribution in [3.63, 3.8) is 0 Å². The van der Waals surface area contributed by atoms with Crippen molar-refractivity contribution in [1.29, 1.82) is 0 Å². The molecule has 8 nitrogen and oxygen atoms in total. The van der Waals surface area contributed by atoms with E-state index in [1.807, 2.05) is 0 Å². The Morgan fingerprint density at radius 1 is 1.36 bits per heavy atom. The Balaban J connectivity index is 1.66. The van der Waals surface area contributed by atoms with Crippen molar-refractivity contribution in [1.82, 2.24) is 15.2 Å². The zero-order chi connectivity index (χ0) is 15.4. The number of carboxylic acid groups (broad SMARTS) is 1. The molecule has 3 heterocycles. The van der Waals surface area contributed by atoms with Crippen LogP contribution in [0.15, 0.2) is 12.3 Å². The predicted molar refractivity (Wildman–Crippen MR) is 76.3 cm³/mol. The molecule has 2 aliphatic rings. The Hall–Kier alpha value is -2.06. The number of nitrogens with one attached hydrogen (secondary N) is 1. The first-order chi connectivity index (χ1) is 10.7. The molecule has 2 N–H and O–H groups in total. The molecule has 1 unspecified atom stereocenters. The average molecular weight is 309 g/mol. The summed E-state index contributed by atoms with van der Waals surface area (Å²) in [6, 6.07) is 1.73. The highest BCUT2D eigenvalue weighted by molar-refractivity contribution is 5.65. The van der Waals surface area contributed by atoms with E-state index in [4.69, 9.17) is 14.2 Å². The average Bonchev–Trinajstić information content (AvgIpc) is 2.55. The summed E-state index contributed by atoms with van der Waals surface area (Å²) in [5.74, 6) is 1.20. The van der Waals surface area contributed by atoms with Gasteiger partial charge in [0, 0.05) is 19.2 Å². The van der Waals surface area contributed by atoms with E-state index in [0.717, 1.165) is 6.54 Å². The fraction of sp³-hybridized carbons (Fsp3) is 0.571. The van der Waals surface area contributed by atoms with E-state index < -0.39 is 6.09 Å². The number of rotatable bonds is 4. The van der Waals surface area contributed by atoms with Gasteiger partial charge < -0.3 is 24.6 Å². The van der Waals surface area contributed by atoms with Crippen molar-refractivity contribution in [2.45, 2.75) is 12.6 Å². The topological polar surface area (TPSA) is 93.2 Å². The number of morpholine rings is 1. The molecule has 1 aromatic heterocycles. The molecule has 0 radical (unpaired) electrons. The number of hydrogen-bond acceptors (Lipinski definition) is 6. The minimum absolute atomic E-state index is 0.137. The second-order valence-corrected chi connectivity index (χ2v) is 5.18. The number of aromatic nitrogens is 1. The molecule has 120 valence electrons. The number of nitrogens with zero attached hydrogens (tertiary/aromatic N) is 2. The van der Waals surface area contributed by atoms with E-state index in [-0.39, 0.29) is 12.6 Å². The zero-order valence-corrected chi connectivity index (χ0v) is 12.2. The number of amides is 1. The summed E-state index contributed by atoms with van der Waals surface area (Å²) >= 11 is 0. The van der Waals surface area contributed by atoms with Gasteiger partial charge in [-0.1, -0.05) is 0 Å². The van der Waals surface area contributed by atoms with Crippen LogP contribution in [0.4, 0.5) is 4.79 Å². The van der Waals surface area contributed by atoms with Gasteiger partial charge in [-0.25, -0.2) is 4.79 Å². The van der Waals surface area contributed by atoms with Crippen LogP contribution in [0.1, 0.15) is 5.69 Å². The number of pyridine rings is 1. The minimum Gasteiger partial charge on any atom is -0.486 e. The summed E-state index contributed by atoms with van der Waals surface area (Å²) < 4.78 is 16.5. The molecule has 0 aliphatic carbocycles. The van der Waals surface area contributed by atoms with Crippen molar-refractivity contribution >= 4 is 6.09 Å². The lowest BCUT2D eigenvalue weighted by molar-refractivity contribution is 0.00607. The highest BCUT2D eigenvalue weighted by Gasteiger charge is 2.22. The smallest absolute Gasteiger partial charge is 0.407 e. The summed E-state index contributed by atoms with van der Waals surface area (Å²) in [7, 11) is 0. The molecule has 2 aliphatic heterocycles. The van der Waals surface area contributed by atoms with Crippen molar-refractivity contribution < 1.29 is 24.1 Å².